The molecule has 3 rings (SSSR count). The minimum Gasteiger partial charge on any atom is -0.396 e. The number of rotatable bonds is 3. The molecule has 1 aliphatic rings. The predicted molar refractivity (Wildman–Crippen MR) is 75.5 cm³/mol. The normalized spacial score (nSPS) is 16.6. The largest absolute Gasteiger partial charge is 0.396 e. The quantitative estimate of drug-likeness (QED) is 0.942. The monoisotopic (exact) mass is 292 g/mol. The Labute approximate surface area is 120 Å². The average Bonchev–Trinajstić information content (AvgIpc) is 3.17. The summed E-state index contributed by atoms with van der Waals surface area (Å²) >= 11 is 1.55. The summed E-state index contributed by atoms with van der Waals surface area (Å²) in [7, 11) is 0. The molecule has 1 fully saturated rings. The molecular formula is C14H16N2O3S. The fraction of sp³-hybridized carbons (Fsp3) is 0.429. The lowest BCUT2D eigenvalue weighted by Gasteiger charge is -2.30. The van der Waals surface area contributed by atoms with E-state index in [9.17, 15) is 4.79 Å². The van der Waals surface area contributed by atoms with Crippen molar-refractivity contribution in [1.82, 2.24) is 10.1 Å². The topological polar surface area (TPSA) is 66.6 Å². The second-order valence-electron chi connectivity index (χ2n) is 4.97. The van der Waals surface area contributed by atoms with Gasteiger partial charge in [0, 0.05) is 25.8 Å². The molecule has 5 nitrogen and oxygen atoms in total. The van der Waals surface area contributed by atoms with E-state index in [1.165, 1.54) is 0 Å². The van der Waals surface area contributed by atoms with Gasteiger partial charge in [-0.2, -0.15) is 0 Å². The van der Waals surface area contributed by atoms with Crippen molar-refractivity contribution in [3.8, 4) is 10.6 Å². The minimum absolute atomic E-state index is 0.0899. The number of piperidine rings is 1. The van der Waals surface area contributed by atoms with Crippen molar-refractivity contribution in [2.75, 3.05) is 19.7 Å². The van der Waals surface area contributed by atoms with Crippen LogP contribution in [0.4, 0.5) is 0 Å². The molecular weight excluding hydrogens is 276 g/mol. The summed E-state index contributed by atoms with van der Waals surface area (Å²) in [6.07, 6.45) is 1.69. The molecule has 20 heavy (non-hydrogen) atoms. The zero-order chi connectivity index (χ0) is 13.9. The standard InChI is InChI=1S/C14H16N2O3S/c17-9-10-3-5-16(6-4-10)14(18)11-8-12(19-15-11)13-2-1-7-20-13/h1-2,7-8,10,17H,3-6,9H2. The number of likely N-dealkylation sites (tertiary alicyclic amines) is 1. The third-order valence-corrected chi connectivity index (χ3v) is 4.54. The van der Waals surface area contributed by atoms with Crippen molar-refractivity contribution in [3.05, 3.63) is 29.3 Å². The molecule has 1 saturated heterocycles. The van der Waals surface area contributed by atoms with Gasteiger partial charge >= 0.3 is 0 Å². The van der Waals surface area contributed by atoms with Crippen LogP contribution in [0.2, 0.25) is 0 Å². The lowest BCUT2D eigenvalue weighted by molar-refractivity contribution is 0.0641. The predicted octanol–water partition coefficient (Wildman–Crippen LogP) is 2.25. The van der Waals surface area contributed by atoms with Gasteiger partial charge < -0.3 is 14.5 Å². The first-order valence-electron chi connectivity index (χ1n) is 6.68. The zero-order valence-electron chi connectivity index (χ0n) is 11.0. The molecule has 0 atom stereocenters. The molecule has 106 valence electrons. The second kappa shape index (κ2) is 5.76. The van der Waals surface area contributed by atoms with Gasteiger partial charge in [-0.25, -0.2) is 0 Å². The van der Waals surface area contributed by atoms with Crippen molar-refractivity contribution >= 4 is 17.2 Å². The van der Waals surface area contributed by atoms with Gasteiger partial charge in [-0.3, -0.25) is 4.79 Å². The number of aliphatic hydroxyl groups excluding tert-OH is 1. The number of hydrogen-bond acceptors (Lipinski definition) is 5. The number of carbonyl (C=O) groups excluding carboxylic acids is 1. The smallest absolute Gasteiger partial charge is 0.276 e. The summed E-state index contributed by atoms with van der Waals surface area (Å²) in [5.41, 5.74) is 0.357. The fourth-order valence-corrected chi connectivity index (χ4v) is 3.06. The maximum atomic E-state index is 12.3. The molecule has 0 unspecified atom stereocenters. The molecule has 0 spiro atoms. The Kier molecular flexibility index (Phi) is 3.84. The van der Waals surface area contributed by atoms with Gasteiger partial charge in [-0.15, -0.1) is 11.3 Å². The van der Waals surface area contributed by atoms with Gasteiger partial charge in [0.2, 0.25) is 0 Å². The Morgan fingerprint density at radius 1 is 1.50 bits per heavy atom. The van der Waals surface area contributed by atoms with E-state index in [0.717, 1.165) is 17.7 Å². The summed E-state index contributed by atoms with van der Waals surface area (Å²) in [6, 6.07) is 5.57. The second-order valence-corrected chi connectivity index (χ2v) is 5.92. The van der Waals surface area contributed by atoms with Crippen molar-refractivity contribution < 1.29 is 14.4 Å². The van der Waals surface area contributed by atoms with E-state index in [1.807, 2.05) is 17.5 Å². The minimum atomic E-state index is -0.0899. The molecule has 2 aromatic rings. The Bertz CT molecular complexity index is 571. The molecule has 1 aliphatic heterocycles. The van der Waals surface area contributed by atoms with Crippen molar-refractivity contribution in [1.29, 1.82) is 0 Å². The number of amides is 1. The van der Waals surface area contributed by atoms with E-state index >= 15 is 0 Å². The average molecular weight is 292 g/mol. The van der Waals surface area contributed by atoms with Gasteiger partial charge in [-0.1, -0.05) is 11.2 Å². The highest BCUT2D eigenvalue weighted by molar-refractivity contribution is 7.13. The summed E-state index contributed by atoms with van der Waals surface area (Å²) in [6.45, 7) is 1.55. The Hall–Kier alpha value is -1.66. The first-order chi connectivity index (χ1) is 9.78. The van der Waals surface area contributed by atoms with Gasteiger partial charge in [0.25, 0.3) is 5.91 Å². The number of aliphatic hydroxyl groups is 1. The van der Waals surface area contributed by atoms with Crippen molar-refractivity contribution in [2.45, 2.75) is 12.8 Å². The number of hydrogen-bond donors (Lipinski definition) is 1. The number of aromatic nitrogens is 1. The molecule has 0 saturated carbocycles. The van der Waals surface area contributed by atoms with Crippen LogP contribution in [0.25, 0.3) is 10.6 Å². The van der Waals surface area contributed by atoms with E-state index < -0.39 is 0 Å². The first kappa shape index (κ1) is 13.3. The van der Waals surface area contributed by atoms with Crippen LogP contribution in [0, 0.1) is 5.92 Å². The first-order valence-corrected chi connectivity index (χ1v) is 7.56. The van der Waals surface area contributed by atoms with Crippen LogP contribution in [0.3, 0.4) is 0 Å². The molecule has 3 heterocycles. The van der Waals surface area contributed by atoms with Gasteiger partial charge in [0.05, 0.1) is 4.88 Å². The highest BCUT2D eigenvalue weighted by Gasteiger charge is 2.25. The van der Waals surface area contributed by atoms with E-state index in [2.05, 4.69) is 5.16 Å². The molecule has 6 heteroatoms. The number of carbonyl (C=O) groups is 1. The SMILES string of the molecule is O=C(c1cc(-c2cccs2)on1)N1CCC(CO)CC1. The third kappa shape index (κ3) is 2.62. The molecule has 0 aromatic carbocycles. The maximum absolute atomic E-state index is 12.3. The van der Waals surface area contributed by atoms with Crippen LogP contribution >= 0.6 is 11.3 Å². The summed E-state index contributed by atoms with van der Waals surface area (Å²) in [5.74, 6) is 0.861. The van der Waals surface area contributed by atoms with Crippen LogP contribution in [-0.4, -0.2) is 40.8 Å². The van der Waals surface area contributed by atoms with Crippen LogP contribution < -0.4 is 0 Å². The Morgan fingerprint density at radius 3 is 2.95 bits per heavy atom. The lowest BCUT2D eigenvalue weighted by atomic mass is 9.98. The molecule has 0 radical (unpaired) electrons. The van der Waals surface area contributed by atoms with Crippen LogP contribution in [-0.2, 0) is 0 Å². The van der Waals surface area contributed by atoms with E-state index in [0.29, 0.717) is 30.5 Å². The van der Waals surface area contributed by atoms with Crippen LogP contribution in [0.15, 0.2) is 28.1 Å². The Balaban J connectivity index is 1.69. The van der Waals surface area contributed by atoms with E-state index in [-0.39, 0.29) is 12.5 Å². The molecule has 0 bridgehead atoms. The van der Waals surface area contributed by atoms with E-state index in [1.54, 1.807) is 22.3 Å². The summed E-state index contributed by atoms with van der Waals surface area (Å²) in [5, 5.41) is 14.9. The summed E-state index contributed by atoms with van der Waals surface area (Å²) < 4.78 is 5.24. The molecule has 2 aromatic heterocycles. The lowest BCUT2D eigenvalue weighted by Crippen LogP contribution is -2.39. The van der Waals surface area contributed by atoms with Crippen molar-refractivity contribution in [3.63, 3.8) is 0 Å². The van der Waals surface area contributed by atoms with Gasteiger partial charge in [-0.05, 0) is 30.2 Å². The van der Waals surface area contributed by atoms with Crippen LogP contribution in [0.5, 0.6) is 0 Å². The highest BCUT2D eigenvalue weighted by Crippen LogP contribution is 2.26. The Morgan fingerprint density at radius 2 is 2.30 bits per heavy atom. The number of nitrogens with zero attached hydrogens (tertiary/aromatic N) is 2. The van der Waals surface area contributed by atoms with Crippen molar-refractivity contribution in [2.24, 2.45) is 5.92 Å². The highest BCUT2D eigenvalue weighted by atomic mass is 32.1. The van der Waals surface area contributed by atoms with Gasteiger partial charge in [0.15, 0.2) is 11.5 Å². The molecule has 0 aliphatic carbocycles. The molecule has 1 amide bonds. The third-order valence-electron chi connectivity index (χ3n) is 3.65. The van der Waals surface area contributed by atoms with E-state index in [4.69, 9.17) is 9.63 Å². The van der Waals surface area contributed by atoms with Crippen LogP contribution in [0.1, 0.15) is 23.3 Å². The maximum Gasteiger partial charge on any atom is 0.276 e. The fourth-order valence-electron chi connectivity index (χ4n) is 2.39. The van der Waals surface area contributed by atoms with Gasteiger partial charge in [0.1, 0.15) is 0 Å². The summed E-state index contributed by atoms with van der Waals surface area (Å²) in [4.78, 5) is 15.1. The molecule has 1 N–H and O–H groups in total. The number of thiophene rings is 1. The zero-order valence-corrected chi connectivity index (χ0v) is 11.8.